The summed E-state index contributed by atoms with van der Waals surface area (Å²) in [7, 11) is 0. The first kappa shape index (κ1) is 87.1. The van der Waals surface area contributed by atoms with Gasteiger partial charge in [0.2, 0.25) is 5.91 Å². The fourth-order valence-electron chi connectivity index (χ4n) is 11.4. The van der Waals surface area contributed by atoms with E-state index in [4.69, 9.17) is 9.47 Å². The number of aliphatic hydroxyl groups is 5. The third kappa shape index (κ3) is 59.1. The quantitative estimate of drug-likeness (QED) is 0.0261. The zero-order chi connectivity index (χ0) is 67.1. The molecule has 1 rings (SSSR count). The van der Waals surface area contributed by atoms with Gasteiger partial charge in [-0.2, -0.15) is 0 Å². The zero-order valence-corrected chi connectivity index (χ0v) is 59.7. The van der Waals surface area contributed by atoms with Crippen molar-refractivity contribution in [2.45, 2.75) is 365 Å². The average Bonchev–Trinajstić information content (AvgIpc) is 1.01. The molecule has 93 heavy (non-hydrogen) atoms. The van der Waals surface area contributed by atoms with E-state index in [0.29, 0.717) is 6.42 Å². The number of hydrogen-bond acceptors (Lipinski definition) is 8. The number of carbonyl (C=O) groups excluding carboxylic acids is 1. The SMILES string of the molecule is CC/C=C\C/C=C\C/C=C\C/C=C\C/C=C\C/C=C\C/C=C\C/C=C\C/C=C\C/C=C\CCCCCCCCC(=O)NC(COC1OC(CO)C(O)C(O)C1O)C(O)/C=C/CC/C=C/CCCCCCCCCCCCCCCCCCCCCCCCCCCCC. The van der Waals surface area contributed by atoms with E-state index in [1.807, 2.05) is 6.08 Å². The Morgan fingerprint density at radius 2 is 0.677 bits per heavy atom. The molecule has 1 amide bonds. The molecule has 9 heteroatoms. The molecule has 0 radical (unpaired) electrons. The van der Waals surface area contributed by atoms with Crippen LogP contribution in [0.15, 0.2) is 146 Å². The van der Waals surface area contributed by atoms with Crippen molar-refractivity contribution in [1.29, 1.82) is 0 Å². The summed E-state index contributed by atoms with van der Waals surface area (Å²) in [4.78, 5) is 13.2. The average molecular weight is 1300 g/mol. The first-order valence-electron chi connectivity index (χ1n) is 38.6. The van der Waals surface area contributed by atoms with Gasteiger partial charge in [0.05, 0.1) is 25.4 Å². The normalized spacial score (nSPS) is 18.5. The maximum absolute atomic E-state index is 13.2. The molecule has 0 spiro atoms. The van der Waals surface area contributed by atoms with Crippen molar-refractivity contribution in [3.8, 4) is 0 Å². The van der Waals surface area contributed by atoms with Crippen molar-refractivity contribution < 1.29 is 39.8 Å². The minimum atomic E-state index is -1.59. The third-order valence-corrected chi connectivity index (χ3v) is 17.4. The fourth-order valence-corrected chi connectivity index (χ4v) is 11.4. The molecule has 1 saturated heterocycles. The number of allylic oxidation sites excluding steroid dienone is 23. The van der Waals surface area contributed by atoms with Crippen LogP contribution in [0.4, 0.5) is 0 Å². The van der Waals surface area contributed by atoms with Gasteiger partial charge in [-0.25, -0.2) is 0 Å². The van der Waals surface area contributed by atoms with Crippen LogP contribution in [0.3, 0.4) is 0 Å². The van der Waals surface area contributed by atoms with Gasteiger partial charge in [0.25, 0.3) is 0 Å². The molecule has 0 saturated carbocycles. The lowest BCUT2D eigenvalue weighted by Gasteiger charge is -2.40. The number of amides is 1. The molecule has 1 aliphatic rings. The Bertz CT molecular complexity index is 1990. The second-order valence-corrected chi connectivity index (χ2v) is 26.1. The lowest BCUT2D eigenvalue weighted by atomic mass is 9.99. The monoisotopic (exact) mass is 1290 g/mol. The van der Waals surface area contributed by atoms with Crippen molar-refractivity contribution >= 4 is 5.91 Å². The summed E-state index contributed by atoms with van der Waals surface area (Å²) < 4.78 is 11.3. The van der Waals surface area contributed by atoms with Crippen LogP contribution in [0, 0.1) is 0 Å². The Hall–Kier alpha value is -3.93. The topological polar surface area (TPSA) is 149 Å². The summed E-state index contributed by atoms with van der Waals surface area (Å²) in [6.45, 7) is 3.67. The number of aliphatic hydroxyl groups excluding tert-OH is 5. The Balaban J connectivity index is 2.16. The van der Waals surface area contributed by atoms with Crippen LogP contribution in [0.1, 0.15) is 322 Å². The van der Waals surface area contributed by atoms with Crippen LogP contribution in [-0.4, -0.2) is 87.5 Å². The first-order valence-corrected chi connectivity index (χ1v) is 38.6. The van der Waals surface area contributed by atoms with Gasteiger partial charge in [-0.1, -0.05) is 352 Å². The minimum Gasteiger partial charge on any atom is -0.394 e. The molecule has 0 aliphatic carbocycles. The molecule has 7 atom stereocenters. The molecule has 0 aromatic carbocycles. The van der Waals surface area contributed by atoms with Gasteiger partial charge in [0.15, 0.2) is 6.29 Å². The number of rotatable bonds is 66. The smallest absolute Gasteiger partial charge is 0.220 e. The van der Waals surface area contributed by atoms with Crippen LogP contribution in [0.5, 0.6) is 0 Å². The summed E-state index contributed by atoms with van der Waals surface area (Å²) in [6.07, 6.45) is 103. The van der Waals surface area contributed by atoms with E-state index < -0.39 is 49.5 Å². The van der Waals surface area contributed by atoms with Crippen LogP contribution in [0.2, 0.25) is 0 Å². The molecule has 1 heterocycles. The molecular formula is C84H143NO8. The van der Waals surface area contributed by atoms with E-state index in [2.05, 4.69) is 153 Å². The predicted molar refractivity (Wildman–Crippen MR) is 400 cm³/mol. The molecule has 1 aliphatic heterocycles. The number of hydrogen-bond donors (Lipinski definition) is 6. The molecule has 0 aromatic heterocycles. The van der Waals surface area contributed by atoms with Gasteiger partial charge in [-0.05, 0) is 109 Å². The molecular weight excluding hydrogens is 1150 g/mol. The third-order valence-electron chi connectivity index (χ3n) is 17.4. The Kier molecular flexibility index (Phi) is 66.3. The van der Waals surface area contributed by atoms with Gasteiger partial charge in [0.1, 0.15) is 24.4 Å². The highest BCUT2D eigenvalue weighted by molar-refractivity contribution is 5.76. The van der Waals surface area contributed by atoms with Crippen molar-refractivity contribution in [2.24, 2.45) is 0 Å². The number of unbranched alkanes of at least 4 members (excludes halogenated alkanes) is 34. The lowest BCUT2D eigenvalue weighted by Crippen LogP contribution is -2.60. The van der Waals surface area contributed by atoms with E-state index in [1.165, 1.54) is 173 Å². The summed E-state index contributed by atoms with van der Waals surface area (Å²) in [5, 5.41) is 54.8. The van der Waals surface area contributed by atoms with Crippen molar-refractivity contribution in [3.05, 3.63) is 146 Å². The van der Waals surface area contributed by atoms with Crippen LogP contribution < -0.4 is 5.32 Å². The molecule has 1 fully saturated rings. The molecule has 7 unspecified atom stereocenters. The van der Waals surface area contributed by atoms with Crippen LogP contribution >= 0.6 is 0 Å². The largest absolute Gasteiger partial charge is 0.394 e. The molecule has 532 valence electrons. The van der Waals surface area contributed by atoms with E-state index in [-0.39, 0.29) is 12.5 Å². The second-order valence-electron chi connectivity index (χ2n) is 26.1. The van der Waals surface area contributed by atoms with Gasteiger partial charge in [-0.15, -0.1) is 0 Å². The molecule has 0 bridgehead atoms. The number of carbonyl (C=O) groups is 1. The van der Waals surface area contributed by atoms with Crippen LogP contribution in [-0.2, 0) is 14.3 Å². The second kappa shape index (κ2) is 70.9. The van der Waals surface area contributed by atoms with Gasteiger partial charge in [-0.3, -0.25) is 4.79 Å². The van der Waals surface area contributed by atoms with Crippen molar-refractivity contribution in [1.82, 2.24) is 5.32 Å². The summed E-state index contributed by atoms with van der Waals surface area (Å²) in [5.74, 6) is -0.204. The van der Waals surface area contributed by atoms with Gasteiger partial charge in [0, 0.05) is 6.42 Å². The first-order chi connectivity index (χ1) is 45.8. The Labute approximate surface area is 572 Å². The van der Waals surface area contributed by atoms with Gasteiger partial charge >= 0.3 is 0 Å². The minimum absolute atomic E-state index is 0.204. The highest BCUT2D eigenvalue weighted by Gasteiger charge is 2.44. The van der Waals surface area contributed by atoms with E-state index in [1.54, 1.807) is 6.08 Å². The highest BCUT2D eigenvalue weighted by Crippen LogP contribution is 2.23. The van der Waals surface area contributed by atoms with E-state index in [0.717, 1.165) is 128 Å². The summed E-state index contributed by atoms with van der Waals surface area (Å²) >= 11 is 0. The van der Waals surface area contributed by atoms with E-state index >= 15 is 0 Å². The fraction of sp³-hybridized carbons (Fsp3) is 0.702. The van der Waals surface area contributed by atoms with Crippen LogP contribution in [0.25, 0.3) is 0 Å². The zero-order valence-electron chi connectivity index (χ0n) is 59.7. The van der Waals surface area contributed by atoms with Crippen molar-refractivity contribution in [2.75, 3.05) is 13.2 Å². The molecule has 9 nitrogen and oxygen atoms in total. The standard InChI is InChI=1S/C84H143NO8/c1-3-5-7-9-11-13-15-17-19-21-23-25-27-29-31-33-35-37-38-39-40-42-44-46-48-50-52-54-56-58-60-62-64-66-68-70-72-74-80(88)85-77(76-92-84-83(91)82(90)81(89)79(75-86)93-84)78(87)73-71-69-67-65-63-61-59-57-55-53-51-49-47-45-43-41-36-34-32-30-28-26-24-22-20-18-16-14-12-10-8-6-4-2/h5,7,11,13,17,19,23,25,29,31,35,37,39-40,44,46,50,52,56,58,63,65,71,73,77-79,81-84,86-87,89-91H,3-4,6,8-10,12,14-16,18,20-22,24,26-28,30,32-34,36,38,41-43,45,47-49,51,53-55,57,59-62,64,66-70,72,74-76H2,1-2H3,(H,85,88)/b7-5-,13-11-,19-17-,25-23-,31-29-,37-35-,40-39-,46-44-,52-50-,58-56-,65-63+,73-71+. The Morgan fingerprint density at radius 3 is 1.03 bits per heavy atom. The number of ether oxygens (including phenoxy) is 2. The summed E-state index contributed by atoms with van der Waals surface area (Å²) in [6, 6.07) is -0.844. The summed E-state index contributed by atoms with van der Waals surface area (Å²) in [5.41, 5.74) is 0. The maximum atomic E-state index is 13.2. The van der Waals surface area contributed by atoms with Crippen molar-refractivity contribution in [3.63, 3.8) is 0 Å². The van der Waals surface area contributed by atoms with Gasteiger partial charge < -0.3 is 40.3 Å². The van der Waals surface area contributed by atoms with E-state index in [9.17, 15) is 30.3 Å². The number of nitrogens with one attached hydrogen (secondary N) is 1. The maximum Gasteiger partial charge on any atom is 0.220 e. The lowest BCUT2D eigenvalue weighted by molar-refractivity contribution is -0.302. The predicted octanol–water partition coefficient (Wildman–Crippen LogP) is 22.1. The highest BCUT2D eigenvalue weighted by atomic mass is 16.7. The molecule has 6 N–H and O–H groups in total. The Morgan fingerprint density at radius 1 is 0.376 bits per heavy atom. The molecule has 0 aromatic rings.